The first-order valence-corrected chi connectivity index (χ1v) is 10.9. The lowest BCUT2D eigenvalue weighted by Crippen LogP contribution is -2.31. The molecule has 4 rings (SSSR count). The van der Waals surface area contributed by atoms with Gasteiger partial charge in [0, 0.05) is 17.8 Å². The van der Waals surface area contributed by atoms with Gasteiger partial charge in [-0.05, 0) is 65.2 Å². The van der Waals surface area contributed by atoms with Crippen molar-refractivity contribution in [3.8, 4) is 6.07 Å². The number of benzene rings is 2. The van der Waals surface area contributed by atoms with E-state index in [1.807, 2.05) is 36.6 Å². The summed E-state index contributed by atoms with van der Waals surface area (Å²) in [7, 11) is 1.65. The predicted octanol–water partition coefficient (Wildman–Crippen LogP) is 5.44. The number of carbonyl (C=O) groups is 1. The molecule has 0 aliphatic carbocycles. The van der Waals surface area contributed by atoms with E-state index in [1.165, 1.54) is 0 Å². The highest BCUT2D eigenvalue weighted by atomic mass is 79.9. The molecule has 8 heteroatoms. The molecule has 2 unspecified atom stereocenters. The van der Waals surface area contributed by atoms with E-state index in [1.54, 1.807) is 36.3 Å². The number of aromatic nitrogens is 2. The van der Waals surface area contributed by atoms with E-state index in [0.29, 0.717) is 27.6 Å². The largest absolute Gasteiger partial charge is 0.383 e. The Hall–Kier alpha value is -2.66. The van der Waals surface area contributed by atoms with Crippen LogP contribution in [0.1, 0.15) is 51.9 Å². The van der Waals surface area contributed by atoms with Crippen LogP contribution in [0.2, 0.25) is 5.02 Å². The maximum atomic E-state index is 13.6. The predicted molar refractivity (Wildman–Crippen MR) is 123 cm³/mol. The van der Waals surface area contributed by atoms with Crippen LogP contribution in [0.15, 0.2) is 47.2 Å². The zero-order chi connectivity index (χ0) is 22.3. The number of carbonyl (C=O) groups excluding carboxylic acids is 1. The molecule has 2 atom stereocenters. The molecule has 3 aromatic rings. The van der Waals surface area contributed by atoms with Gasteiger partial charge in [0.15, 0.2) is 10.4 Å². The van der Waals surface area contributed by atoms with E-state index in [0.717, 1.165) is 22.5 Å². The third kappa shape index (κ3) is 3.65. The normalized spacial score (nSPS) is 16.3. The van der Waals surface area contributed by atoms with Crippen LogP contribution in [0.25, 0.3) is 0 Å². The van der Waals surface area contributed by atoms with Crippen LogP contribution in [0, 0.1) is 18.3 Å². The van der Waals surface area contributed by atoms with Gasteiger partial charge >= 0.3 is 0 Å². The van der Waals surface area contributed by atoms with Gasteiger partial charge in [0.1, 0.15) is 6.04 Å². The van der Waals surface area contributed by atoms with Gasteiger partial charge in [0.05, 0.1) is 30.0 Å². The molecule has 0 saturated heterocycles. The number of hydrogen-bond acceptors (Lipinski definition) is 4. The fraction of sp³-hybridized carbons (Fsp3) is 0.261. The molecule has 0 saturated carbocycles. The number of amides is 1. The third-order valence-corrected chi connectivity index (χ3v) is 6.27. The molecule has 0 bridgehead atoms. The highest BCUT2D eigenvalue weighted by molar-refractivity contribution is 9.10. The third-order valence-electron chi connectivity index (χ3n) is 5.48. The van der Waals surface area contributed by atoms with Crippen molar-refractivity contribution in [2.75, 3.05) is 18.6 Å². The molecule has 31 heavy (non-hydrogen) atoms. The quantitative estimate of drug-likeness (QED) is 0.469. The molecular formula is C23H20BrClN4O2. The van der Waals surface area contributed by atoms with Crippen molar-refractivity contribution in [1.82, 2.24) is 9.55 Å². The summed E-state index contributed by atoms with van der Waals surface area (Å²) in [6, 6.07) is 14.4. The number of ether oxygens (including phenoxy) is 1. The van der Waals surface area contributed by atoms with E-state index < -0.39 is 6.04 Å². The minimum absolute atomic E-state index is 0.0512. The Morgan fingerprint density at radius 3 is 2.65 bits per heavy atom. The first kappa shape index (κ1) is 21.6. The van der Waals surface area contributed by atoms with Crippen LogP contribution in [0.3, 0.4) is 0 Å². The number of nitrogens with zero attached hydrogens (tertiary/aromatic N) is 4. The molecule has 0 spiro atoms. The molecule has 2 aromatic carbocycles. The maximum absolute atomic E-state index is 13.6. The van der Waals surface area contributed by atoms with Crippen LogP contribution in [0.5, 0.6) is 0 Å². The Bertz CT molecular complexity index is 1200. The molecule has 0 N–H and O–H groups in total. The SMILES string of the molecule is COCC(C)n1c(Br)nc2c1C(c1ccc(C#N)cc1)N(c1cc(Cl)ccc1C)C2=O. The Labute approximate surface area is 194 Å². The molecule has 1 amide bonds. The van der Waals surface area contributed by atoms with Gasteiger partial charge in [-0.1, -0.05) is 29.8 Å². The molecule has 2 heterocycles. The van der Waals surface area contributed by atoms with E-state index in [4.69, 9.17) is 16.3 Å². The Balaban J connectivity index is 1.96. The summed E-state index contributed by atoms with van der Waals surface area (Å²) < 4.78 is 7.94. The van der Waals surface area contributed by atoms with E-state index >= 15 is 0 Å². The van der Waals surface area contributed by atoms with Crippen molar-refractivity contribution >= 4 is 39.1 Å². The van der Waals surface area contributed by atoms with Crippen LogP contribution in [-0.2, 0) is 4.74 Å². The van der Waals surface area contributed by atoms with Crippen molar-refractivity contribution in [2.45, 2.75) is 25.9 Å². The first-order chi connectivity index (χ1) is 14.9. The summed E-state index contributed by atoms with van der Waals surface area (Å²) in [6.45, 7) is 4.43. The lowest BCUT2D eigenvalue weighted by atomic mass is 10.0. The molecule has 1 aliphatic heterocycles. The molecule has 1 aromatic heterocycles. The molecule has 1 aliphatic rings. The number of fused-ring (bicyclic) bond motifs is 1. The topological polar surface area (TPSA) is 71.2 Å². The summed E-state index contributed by atoms with van der Waals surface area (Å²) in [4.78, 5) is 19.9. The van der Waals surface area contributed by atoms with Gasteiger partial charge in [0.2, 0.25) is 0 Å². The highest BCUT2D eigenvalue weighted by Gasteiger charge is 2.45. The van der Waals surface area contributed by atoms with E-state index in [-0.39, 0.29) is 11.9 Å². The summed E-state index contributed by atoms with van der Waals surface area (Å²) in [5, 5.41) is 9.76. The fourth-order valence-electron chi connectivity index (χ4n) is 4.06. The lowest BCUT2D eigenvalue weighted by molar-refractivity contribution is 0.0989. The van der Waals surface area contributed by atoms with Crippen molar-refractivity contribution in [1.29, 1.82) is 5.26 Å². The van der Waals surface area contributed by atoms with Crippen LogP contribution < -0.4 is 4.90 Å². The number of methoxy groups -OCH3 is 1. The minimum Gasteiger partial charge on any atom is -0.383 e. The first-order valence-electron chi connectivity index (χ1n) is 9.73. The van der Waals surface area contributed by atoms with Gasteiger partial charge in [0.25, 0.3) is 5.91 Å². The van der Waals surface area contributed by atoms with Crippen LogP contribution in [0.4, 0.5) is 5.69 Å². The Morgan fingerprint density at radius 2 is 2.00 bits per heavy atom. The van der Waals surface area contributed by atoms with Crippen molar-refractivity contribution in [2.24, 2.45) is 0 Å². The van der Waals surface area contributed by atoms with Crippen LogP contribution >= 0.6 is 27.5 Å². The molecule has 0 fully saturated rings. The summed E-state index contributed by atoms with van der Waals surface area (Å²) in [5.74, 6) is -0.196. The van der Waals surface area contributed by atoms with Crippen molar-refractivity contribution < 1.29 is 9.53 Å². The van der Waals surface area contributed by atoms with Gasteiger partial charge < -0.3 is 9.30 Å². The molecule has 158 valence electrons. The Morgan fingerprint density at radius 1 is 1.29 bits per heavy atom. The van der Waals surface area contributed by atoms with Crippen molar-refractivity contribution in [3.05, 3.63) is 80.3 Å². The number of halogens is 2. The summed E-state index contributed by atoms with van der Waals surface area (Å²) in [6.07, 6.45) is 0. The van der Waals surface area contributed by atoms with E-state index in [2.05, 4.69) is 27.0 Å². The number of anilines is 1. The smallest absolute Gasteiger partial charge is 0.279 e. The number of nitriles is 1. The summed E-state index contributed by atoms with van der Waals surface area (Å²) in [5.41, 5.74) is 4.27. The fourth-order valence-corrected chi connectivity index (χ4v) is 4.95. The average molecular weight is 500 g/mol. The second-order valence-electron chi connectivity index (χ2n) is 7.53. The molecule has 0 radical (unpaired) electrons. The second-order valence-corrected chi connectivity index (χ2v) is 8.68. The second kappa shape index (κ2) is 8.46. The highest BCUT2D eigenvalue weighted by Crippen LogP contribution is 2.45. The van der Waals surface area contributed by atoms with Crippen LogP contribution in [-0.4, -0.2) is 29.2 Å². The number of rotatable bonds is 5. The standard InChI is InChI=1S/C23H20BrClN4O2/c1-13-4-9-17(25)10-18(13)29-20(16-7-5-15(11-26)6-8-16)21-19(22(29)30)27-23(24)28(21)14(2)12-31-3/h4-10,14,20H,12H2,1-3H3. The number of aryl methyl sites for hydroxylation is 1. The molecule has 6 nitrogen and oxygen atoms in total. The maximum Gasteiger partial charge on any atom is 0.279 e. The molecular weight excluding hydrogens is 480 g/mol. The van der Waals surface area contributed by atoms with Gasteiger partial charge in [-0.25, -0.2) is 4.98 Å². The monoisotopic (exact) mass is 498 g/mol. The van der Waals surface area contributed by atoms with Gasteiger partial charge in [-0.3, -0.25) is 9.69 Å². The van der Waals surface area contributed by atoms with Gasteiger partial charge in [-0.2, -0.15) is 5.26 Å². The average Bonchev–Trinajstić information content (AvgIpc) is 3.23. The zero-order valence-corrected chi connectivity index (χ0v) is 19.6. The number of hydrogen-bond donors (Lipinski definition) is 0. The number of imidazole rings is 1. The van der Waals surface area contributed by atoms with Crippen molar-refractivity contribution in [3.63, 3.8) is 0 Å². The Kier molecular flexibility index (Phi) is 5.89. The lowest BCUT2D eigenvalue weighted by Gasteiger charge is -2.29. The van der Waals surface area contributed by atoms with E-state index in [9.17, 15) is 10.1 Å². The summed E-state index contributed by atoms with van der Waals surface area (Å²) >= 11 is 9.82. The zero-order valence-electron chi connectivity index (χ0n) is 17.3. The van der Waals surface area contributed by atoms with Gasteiger partial charge in [-0.15, -0.1) is 0 Å². The minimum atomic E-state index is -0.425.